The van der Waals surface area contributed by atoms with Gasteiger partial charge in [-0.1, -0.05) is 39.1 Å². The predicted octanol–water partition coefficient (Wildman–Crippen LogP) is 3.66. The SMILES string of the molecule is CC(Br)OCC(=O)Oc1ccc(Cl)c(Cl)c1. The van der Waals surface area contributed by atoms with Crippen LogP contribution in [0.15, 0.2) is 18.2 Å². The molecule has 6 heteroatoms. The van der Waals surface area contributed by atoms with Gasteiger partial charge >= 0.3 is 5.97 Å². The summed E-state index contributed by atoms with van der Waals surface area (Å²) in [6.07, 6.45) is 0. The lowest BCUT2D eigenvalue weighted by Gasteiger charge is -2.07. The Morgan fingerprint density at radius 1 is 1.44 bits per heavy atom. The molecule has 0 saturated carbocycles. The van der Waals surface area contributed by atoms with Crippen molar-refractivity contribution in [1.29, 1.82) is 0 Å². The van der Waals surface area contributed by atoms with Gasteiger partial charge in [-0.15, -0.1) is 0 Å². The summed E-state index contributed by atoms with van der Waals surface area (Å²) in [6.45, 7) is 1.62. The van der Waals surface area contributed by atoms with E-state index in [0.717, 1.165) is 0 Å². The summed E-state index contributed by atoms with van der Waals surface area (Å²) in [4.78, 5) is 11.3. The van der Waals surface area contributed by atoms with Gasteiger partial charge in [-0.2, -0.15) is 0 Å². The Balaban J connectivity index is 2.53. The van der Waals surface area contributed by atoms with Gasteiger partial charge in [0.25, 0.3) is 0 Å². The first-order valence-corrected chi connectivity index (χ1v) is 6.07. The highest BCUT2D eigenvalue weighted by Crippen LogP contribution is 2.26. The number of benzene rings is 1. The summed E-state index contributed by atoms with van der Waals surface area (Å²) < 4.78 is 9.99. The molecular formula is C10H9BrCl2O3. The van der Waals surface area contributed by atoms with E-state index < -0.39 is 5.97 Å². The first kappa shape index (κ1) is 13.8. The average Bonchev–Trinajstić information content (AvgIpc) is 2.21. The van der Waals surface area contributed by atoms with E-state index in [9.17, 15) is 4.79 Å². The molecular weight excluding hydrogens is 319 g/mol. The normalized spacial score (nSPS) is 12.2. The van der Waals surface area contributed by atoms with Crippen LogP contribution in [0.4, 0.5) is 0 Å². The van der Waals surface area contributed by atoms with Gasteiger partial charge in [0.15, 0.2) is 0 Å². The Hall–Kier alpha value is -0.290. The molecule has 0 fully saturated rings. The third kappa shape index (κ3) is 4.70. The third-order valence-electron chi connectivity index (χ3n) is 1.55. The highest BCUT2D eigenvalue weighted by molar-refractivity contribution is 9.09. The van der Waals surface area contributed by atoms with Crippen LogP contribution < -0.4 is 4.74 Å². The number of esters is 1. The van der Waals surface area contributed by atoms with Gasteiger partial charge in [0.1, 0.15) is 17.4 Å². The van der Waals surface area contributed by atoms with Gasteiger partial charge < -0.3 is 9.47 Å². The Kier molecular flexibility index (Phi) is 5.55. The topological polar surface area (TPSA) is 35.5 Å². The van der Waals surface area contributed by atoms with Crippen molar-refractivity contribution in [2.45, 2.75) is 11.9 Å². The fraction of sp³-hybridized carbons (Fsp3) is 0.300. The highest BCUT2D eigenvalue weighted by Gasteiger charge is 2.08. The molecule has 1 aromatic carbocycles. The van der Waals surface area contributed by atoms with Crippen molar-refractivity contribution in [3.05, 3.63) is 28.2 Å². The number of carbonyl (C=O) groups is 1. The first-order valence-electron chi connectivity index (χ1n) is 4.40. The van der Waals surface area contributed by atoms with Crippen LogP contribution in [0.3, 0.4) is 0 Å². The van der Waals surface area contributed by atoms with Crippen LogP contribution in [0.5, 0.6) is 5.75 Å². The van der Waals surface area contributed by atoms with Gasteiger partial charge in [-0.3, -0.25) is 0 Å². The fourth-order valence-electron chi connectivity index (χ4n) is 0.884. The van der Waals surface area contributed by atoms with Crippen molar-refractivity contribution >= 4 is 45.1 Å². The molecule has 0 bridgehead atoms. The molecule has 3 nitrogen and oxygen atoms in total. The maximum Gasteiger partial charge on any atom is 0.337 e. The lowest BCUT2D eigenvalue weighted by atomic mass is 10.3. The zero-order valence-electron chi connectivity index (χ0n) is 8.38. The number of ether oxygens (including phenoxy) is 2. The van der Waals surface area contributed by atoms with Crippen molar-refractivity contribution in [3.8, 4) is 5.75 Å². The van der Waals surface area contributed by atoms with Gasteiger partial charge in [-0.05, 0) is 19.1 Å². The van der Waals surface area contributed by atoms with Crippen molar-refractivity contribution < 1.29 is 14.3 Å². The molecule has 0 amide bonds. The Bertz CT molecular complexity index is 382. The van der Waals surface area contributed by atoms with Crippen LogP contribution in [0, 0.1) is 0 Å². The molecule has 0 aliphatic heterocycles. The van der Waals surface area contributed by atoms with E-state index in [1.54, 1.807) is 19.1 Å². The van der Waals surface area contributed by atoms with Gasteiger partial charge in [-0.25, -0.2) is 4.79 Å². The second-order valence-corrected chi connectivity index (χ2v) is 5.01. The lowest BCUT2D eigenvalue weighted by molar-refractivity contribution is -0.139. The smallest absolute Gasteiger partial charge is 0.337 e. The summed E-state index contributed by atoms with van der Waals surface area (Å²) in [6, 6.07) is 4.59. The number of hydrogen-bond donors (Lipinski definition) is 0. The molecule has 0 aromatic heterocycles. The monoisotopic (exact) mass is 326 g/mol. The van der Waals surface area contributed by atoms with Crippen LogP contribution in [0.1, 0.15) is 6.92 Å². The summed E-state index contributed by atoms with van der Waals surface area (Å²) in [7, 11) is 0. The zero-order chi connectivity index (χ0) is 12.1. The minimum Gasteiger partial charge on any atom is -0.425 e. The second kappa shape index (κ2) is 6.45. The molecule has 0 N–H and O–H groups in total. The molecule has 16 heavy (non-hydrogen) atoms. The predicted molar refractivity (Wildman–Crippen MR) is 66.4 cm³/mol. The van der Waals surface area contributed by atoms with Gasteiger partial charge in [0.2, 0.25) is 0 Å². The molecule has 88 valence electrons. The minimum absolute atomic E-state index is 0.132. The molecule has 0 heterocycles. The highest BCUT2D eigenvalue weighted by atomic mass is 79.9. The van der Waals surface area contributed by atoms with Crippen LogP contribution in [0.25, 0.3) is 0 Å². The molecule has 0 aliphatic rings. The lowest BCUT2D eigenvalue weighted by Crippen LogP contribution is -2.17. The standard InChI is InChI=1S/C10H9BrCl2O3/c1-6(11)15-5-10(14)16-7-2-3-8(12)9(13)4-7/h2-4,6H,5H2,1H3. The van der Waals surface area contributed by atoms with Crippen molar-refractivity contribution in [2.75, 3.05) is 6.61 Å². The summed E-state index contributed by atoms with van der Waals surface area (Å²) in [5, 5.41) is 0.544. The van der Waals surface area contributed by atoms with Gasteiger partial charge in [0.05, 0.1) is 10.0 Å². The molecule has 1 unspecified atom stereocenters. The van der Waals surface area contributed by atoms with E-state index >= 15 is 0 Å². The van der Waals surface area contributed by atoms with E-state index in [1.807, 2.05) is 0 Å². The molecule has 1 atom stereocenters. The summed E-state index contributed by atoms with van der Waals surface area (Å²) in [5.41, 5.74) is 0. The van der Waals surface area contributed by atoms with Crippen molar-refractivity contribution in [2.24, 2.45) is 0 Å². The number of halogens is 3. The fourth-order valence-corrected chi connectivity index (χ4v) is 1.30. The summed E-state index contributed by atoms with van der Waals surface area (Å²) in [5.74, 6) is -0.157. The Morgan fingerprint density at radius 2 is 2.12 bits per heavy atom. The van der Waals surface area contributed by atoms with Crippen molar-refractivity contribution in [1.82, 2.24) is 0 Å². The van der Waals surface area contributed by atoms with Gasteiger partial charge in [0, 0.05) is 6.07 Å². The molecule has 0 saturated heterocycles. The number of rotatable bonds is 4. The second-order valence-electron chi connectivity index (χ2n) is 2.90. The average molecular weight is 328 g/mol. The minimum atomic E-state index is -0.496. The number of hydrogen-bond acceptors (Lipinski definition) is 3. The Morgan fingerprint density at radius 3 is 2.69 bits per heavy atom. The first-order chi connectivity index (χ1) is 7.49. The maximum atomic E-state index is 11.3. The van der Waals surface area contributed by atoms with Crippen LogP contribution in [-0.2, 0) is 9.53 Å². The van der Waals surface area contributed by atoms with Crippen LogP contribution in [0.2, 0.25) is 10.0 Å². The molecule has 0 aliphatic carbocycles. The summed E-state index contributed by atoms with van der Waals surface area (Å²) >= 11 is 14.6. The molecule has 1 aromatic rings. The molecule has 0 radical (unpaired) electrons. The van der Waals surface area contributed by atoms with Crippen LogP contribution in [-0.4, -0.2) is 17.6 Å². The molecule has 1 rings (SSSR count). The Labute approximate surface area is 112 Å². The maximum absolute atomic E-state index is 11.3. The number of alkyl halides is 1. The quantitative estimate of drug-likeness (QED) is 0.481. The van der Waals surface area contributed by atoms with Crippen LogP contribution >= 0.6 is 39.1 Å². The number of carbonyl (C=O) groups excluding carboxylic acids is 1. The molecule has 0 spiro atoms. The van der Waals surface area contributed by atoms with E-state index in [-0.39, 0.29) is 11.6 Å². The van der Waals surface area contributed by atoms with E-state index in [1.165, 1.54) is 6.07 Å². The van der Waals surface area contributed by atoms with E-state index in [2.05, 4.69) is 15.9 Å². The zero-order valence-corrected chi connectivity index (χ0v) is 11.5. The third-order valence-corrected chi connectivity index (χ3v) is 2.56. The van der Waals surface area contributed by atoms with E-state index in [4.69, 9.17) is 32.7 Å². The van der Waals surface area contributed by atoms with E-state index in [0.29, 0.717) is 15.8 Å². The van der Waals surface area contributed by atoms with Crippen molar-refractivity contribution in [3.63, 3.8) is 0 Å². The largest absolute Gasteiger partial charge is 0.425 e.